The first-order chi connectivity index (χ1) is 10.5. The number of rotatable bonds is 3. The number of benzene rings is 1. The van der Waals surface area contributed by atoms with Gasteiger partial charge in [0.1, 0.15) is 5.82 Å². The molecule has 0 N–H and O–H groups in total. The Balaban J connectivity index is 1.84. The lowest BCUT2D eigenvalue weighted by atomic mass is 10.1. The fourth-order valence-corrected chi connectivity index (χ4v) is 2.95. The van der Waals surface area contributed by atoms with E-state index in [1.54, 1.807) is 12.1 Å². The third-order valence-corrected chi connectivity index (χ3v) is 4.36. The smallest absolute Gasteiger partial charge is 0.151 e. The van der Waals surface area contributed by atoms with E-state index in [1.807, 2.05) is 6.92 Å². The second-order valence-electron chi connectivity index (χ2n) is 6.06. The molecule has 2 aromatic rings. The van der Waals surface area contributed by atoms with Gasteiger partial charge in [-0.15, -0.1) is 10.2 Å². The molecule has 1 saturated heterocycles. The predicted molar refractivity (Wildman–Crippen MR) is 86.5 cm³/mol. The van der Waals surface area contributed by atoms with E-state index < -0.39 is 0 Å². The molecule has 22 heavy (non-hydrogen) atoms. The maximum Gasteiger partial charge on any atom is 0.151 e. The molecule has 1 aliphatic heterocycles. The second kappa shape index (κ2) is 6.01. The van der Waals surface area contributed by atoms with Gasteiger partial charge in [0.05, 0.1) is 5.69 Å². The minimum absolute atomic E-state index is 0.240. The minimum Gasteiger partial charge on any atom is -0.354 e. The third kappa shape index (κ3) is 2.95. The van der Waals surface area contributed by atoms with Gasteiger partial charge in [-0.3, -0.25) is 0 Å². The van der Waals surface area contributed by atoms with Gasteiger partial charge >= 0.3 is 0 Å². The molecule has 1 atom stereocenters. The van der Waals surface area contributed by atoms with Gasteiger partial charge < -0.3 is 9.80 Å². The Morgan fingerprint density at radius 3 is 2.55 bits per heavy atom. The fourth-order valence-electron chi connectivity index (χ4n) is 2.95. The van der Waals surface area contributed by atoms with Crippen LogP contribution in [0.3, 0.4) is 0 Å². The number of hydrogen-bond acceptors (Lipinski definition) is 4. The Hall–Kier alpha value is -2.01. The van der Waals surface area contributed by atoms with E-state index in [0.717, 1.165) is 42.1 Å². The fraction of sp³-hybridized carbons (Fsp3) is 0.412. The van der Waals surface area contributed by atoms with Crippen molar-refractivity contribution in [3.8, 4) is 11.3 Å². The molecule has 116 valence electrons. The molecule has 2 heterocycles. The maximum atomic E-state index is 13.0. The number of aryl methyl sites for hydroxylation is 1. The highest BCUT2D eigenvalue weighted by Crippen LogP contribution is 2.25. The lowest BCUT2D eigenvalue weighted by molar-refractivity contribution is 0.409. The molecule has 1 aliphatic rings. The zero-order chi connectivity index (χ0) is 15.7. The van der Waals surface area contributed by atoms with Crippen LogP contribution in [0.25, 0.3) is 11.3 Å². The summed E-state index contributed by atoms with van der Waals surface area (Å²) in [5.74, 6) is 0.653. The highest BCUT2D eigenvalue weighted by Gasteiger charge is 2.24. The summed E-state index contributed by atoms with van der Waals surface area (Å²) in [7, 11) is 4.22. The summed E-state index contributed by atoms with van der Waals surface area (Å²) in [5.41, 5.74) is 2.75. The van der Waals surface area contributed by atoms with Crippen molar-refractivity contribution in [2.45, 2.75) is 19.4 Å². The van der Waals surface area contributed by atoms with Crippen LogP contribution in [0.4, 0.5) is 10.2 Å². The van der Waals surface area contributed by atoms with Crippen LogP contribution in [0, 0.1) is 12.7 Å². The van der Waals surface area contributed by atoms with Crippen molar-refractivity contribution in [3.63, 3.8) is 0 Å². The van der Waals surface area contributed by atoms with Crippen molar-refractivity contribution in [1.29, 1.82) is 0 Å². The van der Waals surface area contributed by atoms with E-state index in [0.29, 0.717) is 6.04 Å². The van der Waals surface area contributed by atoms with Gasteiger partial charge in [-0.05, 0) is 62.8 Å². The molecule has 1 fully saturated rings. The number of aromatic nitrogens is 2. The molecule has 0 aliphatic carbocycles. The summed E-state index contributed by atoms with van der Waals surface area (Å²) < 4.78 is 13.0. The van der Waals surface area contributed by atoms with Gasteiger partial charge in [-0.25, -0.2) is 4.39 Å². The average molecular weight is 300 g/mol. The summed E-state index contributed by atoms with van der Waals surface area (Å²) in [6, 6.07) is 8.92. The Labute approximate surface area is 130 Å². The molecule has 4 nitrogen and oxygen atoms in total. The Kier molecular flexibility index (Phi) is 4.07. The molecule has 0 radical (unpaired) electrons. The Morgan fingerprint density at radius 1 is 1.23 bits per heavy atom. The average Bonchev–Trinajstić information content (AvgIpc) is 2.94. The number of hydrogen-bond donors (Lipinski definition) is 0. The van der Waals surface area contributed by atoms with Crippen LogP contribution in [0.5, 0.6) is 0 Å². The van der Waals surface area contributed by atoms with Crippen molar-refractivity contribution >= 4 is 5.82 Å². The van der Waals surface area contributed by atoms with Crippen molar-refractivity contribution in [2.75, 3.05) is 32.1 Å². The lowest BCUT2D eigenvalue weighted by Crippen LogP contribution is -2.34. The van der Waals surface area contributed by atoms with Gasteiger partial charge in [-0.1, -0.05) is 0 Å². The zero-order valence-electron chi connectivity index (χ0n) is 13.3. The van der Waals surface area contributed by atoms with Crippen LogP contribution >= 0.6 is 0 Å². The van der Waals surface area contributed by atoms with Crippen LogP contribution in [0.15, 0.2) is 30.3 Å². The quantitative estimate of drug-likeness (QED) is 0.872. The molecule has 0 spiro atoms. The van der Waals surface area contributed by atoms with Gasteiger partial charge in [0.25, 0.3) is 0 Å². The van der Waals surface area contributed by atoms with Crippen molar-refractivity contribution in [1.82, 2.24) is 15.1 Å². The van der Waals surface area contributed by atoms with E-state index in [9.17, 15) is 4.39 Å². The molecule has 0 saturated carbocycles. The van der Waals surface area contributed by atoms with Crippen molar-refractivity contribution < 1.29 is 4.39 Å². The van der Waals surface area contributed by atoms with Crippen LogP contribution in [-0.2, 0) is 0 Å². The molecule has 0 unspecified atom stereocenters. The zero-order valence-corrected chi connectivity index (χ0v) is 13.3. The second-order valence-corrected chi connectivity index (χ2v) is 6.06. The van der Waals surface area contributed by atoms with Crippen molar-refractivity contribution in [2.24, 2.45) is 0 Å². The molecule has 1 aromatic heterocycles. The normalized spacial score (nSPS) is 18.6. The van der Waals surface area contributed by atoms with E-state index >= 15 is 0 Å². The molecule has 1 aromatic carbocycles. The Bertz CT molecular complexity index is 656. The molecule has 5 heteroatoms. The van der Waals surface area contributed by atoms with Gasteiger partial charge in [0, 0.05) is 25.2 Å². The summed E-state index contributed by atoms with van der Waals surface area (Å²) in [5, 5.41) is 8.73. The Morgan fingerprint density at radius 2 is 1.95 bits per heavy atom. The van der Waals surface area contributed by atoms with Crippen LogP contribution in [0.2, 0.25) is 0 Å². The monoisotopic (exact) mass is 300 g/mol. The van der Waals surface area contributed by atoms with E-state index in [-0.39, 0.29) is 5.82 Å². The number of nitrogens with zero attached hydrogens (tertiary/aromatic N) is 4. The first-order valence-electron chi connectivity index (χ1n) is 7.56. The number of likely N-dealkylation sites (tertiary alicyclic amines) is 1. The number of likely N-dealkylation sites (N-methyl/N-ethyl adjacent to an activating group) is 2. The SMILES string of the molecule is Cc1cc(N(C)[C@@H]2CCN(C)C2)nnc1-c1ccc(F)cc1. The number of halogens is 1. The summed E-state index contributed by atoms with van der Waals surface area (Å²) in [6.45, 7) is 4.19. The summed E-state index contributed by atoms with van der Waals surface area (Å²) in [4.78, 5) is 4.53. The maximum absolute atomic E-state index is 13.0. The highest BCUT2D eigenvalue weighted by molar-refractivity contribution is 5.63. The van der Waals surface area contributed by atoms with E-state index in [4.69, 9.17) is 0 Å². The first-order valence-corrected chi connectivity index (χ1v) is 7.56. The van der Waals surface area contributed by atoms with Crippen LogP contribution in [0.1, 0.15) is 12.0 Å². The standard InChI is InChI=1S/C17H21FN4/c1-12-10-16(22(3)15-8-9-21(2)11-15)19-20-17(12)13-4-6-14(18)7-5-13/h4-7,10,15H,8-9,11H2,1-3H3/t15-/m1/s1. The van der Waals surface area contributed by atoms with Gasteiger partial charge in [0.15, 0.2) is 5.82 Å². The predicted octanol–water partition coefficient (Wildman–Crippen LogP) is 2.73. The molecule has 0 amide bonds. The molecule has 0 bridgehead atoms. The van der Waals surface area contributed by atoms with Gasteiger partial charge in [-0.2, -0.15) is 0 Å². The minimum atomic E-state index is -0.240. The van der Waals surface area contributed by atoms with Gasteiger partial charge in [0.2, 0.25) is 0 Å². The summed E-state index contributed by atoms with van der Waals surface area (Å²) in [6.07, 6.45) is 1.15. The molecular formula is C17H21FN4. The largest absolute Gasteiger partial charge is 0.354 e. The lowest BCUT2D eigenvalue weighted by Gasteiger charge is -2.25. The molecule has 3 rings (SSSR count). The van der Waals surface area contributed by atoms with E-state index in [2.05, 4.69) is 40.2 Å². The topological polar surface area (TPSA) is 32.3 Å². The highest BCUT2D eigenvalue weighted by atomic mass is 19.1. The third-order valence-electron chi connectivity index (χ3n) is 4.36. The summed E-state index contributed by atoms with van der Waals surface area (Å²) >= 11 is 0. The van der Waals surface area contributed by atoms with Crippen molar-refractivity contribution in [3.05, 3.63) is 41.7 Å². The van der Waals surface area contributed by atoms with Crippen LogP contribution in [-0.4, -0.2) is 48.3 Å². The molecular weight excluding hydrogens is 279 g/mol. The first kappa shape index (κ1) is 14.9. The number of anilines is 1. The van der Waals surface area contributed by atoms with Crippen LogP contribution < -0.4 is 4.90 Å². The van der Waals surface area contributed by atoms with E-state index in [1.165, 1.54) is 12.1 Å².